The van der Waals surface area contributed by atoms with E-state index in [4.69, 9.17) is 14.2 Å². The van der Waals surface area contributed by atoms with E-state index in [1.165, 1.54) is 4.90 Å². The predicted molar refractivity (Wildman–Crippen MR) is 145 cm³/mol. The number of amides is 3. The molecule has 3 amide bonds. The number of anilines is 1. The molecular formula is C31H26N2O6. The van der Waals surface area contributed by atoms with Crippen LogP contribution in [0.15, 0.2) is 84.9 Å². The van der Waals surface area contributed by atoms with Crippen LogP contribution in [0.3, 0.4) is 0 Å². The third-order valence-electron chi connectivity index (χ3n) is 6.83. The van der Waals surface area contributed by atoms with Gasteiger partial charge in [0.05, 0.1) is 23.8 Å². The Morgan fingerprint density at radius 1 is 0.897 bits per heavy atom. The van der Waals surface area contributed by atoms with Crippen molar-refractivity contribution < 1.29 is 28.6 Å². The topological polar surface area (TPSA) is 94.2 Å². The van der Waals surface area contributed by atoms with Gasteiger partial charge in [-0.3, -0.25) is 19.3 Å². The molecule has 2 aliphatic rings. The minimum absolute atomic E-state index is 0.105. The lowest BCUT2D eigenvalue weighted by molar-refractivity contribution is -0.118. The lowest BCUT2D eigenvalue weighted by Crippen LogP contribution is -2.36. The van der Waals surface area contributed by atoms with Crippen LogP contribution in [0.1, 0.15) is 33.6 Å². The fraction of sp³-hybridized carbons (Fsp3) is 0.194. The van der Waals surface area contributed by atoms with Crippen LogP contribution < -0.4 is 14.8 Å². The highest BCUT2D eigenvalue weighted by atomic mass is 16.5. The number of rotatable bonds is 8. The first kappa shape index (κ1) is 24.6. The van der Waals surface area contributed by atoms with Gasteiger partial charge in [0.2, 0.25) is 0 Å². The summed E-state index contributed by atoms with van der Waals surface area (Å²) >= 11 is 0. The van der Waals surface area contributed by atoms with Crippen LogP contribution in [0.25, 0.3) is 10.8 Å². The van der Waals surface area contributed by atoms with Crippen molar-refractivity contribution in [3.05, 3.63) is 96.1 Å². The Bertz CT molecular complexity index is 1550. The molecule has 8 nitrogen and oxygen atoms in total. The van der Waals surface area contributed by atoms with E-state index >= 15 is 0 Å². The van der Waals surface area contributed by atoms with Gasteiger partial charge in [0.15, 0.2) is 6.61 Å². The smallest absolute Gasteiger partial charge is 0.262 e. The monoisotopic (exact) mass is 522 g/mol. The van der Waals surface area contributed by atoms with Crippen LogP contribution in [-0.2, 0) is 9.53 Å². The van der Waals surface area contributed by atoms with Gasteiger partial charge in [-0.1, -0.05) is 36.4 Å². The molecule has 0 bridgehead atoms. The van der Waals surface area contributed by atoms with Gasteiger partial charge in [0.1, 0.15) is 17.2 Å². The highest BCUT2D eigenvalue weighted by Gasteiger charge is 2.37. The second-order valence-electron chi connectivity index (χ2n) is 9.50. The fourth-order valence-corrected chi connectivity index (χ4v) is 4.90. The van der Waals surface area contributed by atoms with Gasteiger partial charge in [-0.25, -0.2) is 0 Å². The van der Waals surface area contributed by atoms with Gasteiger partial charge < -0.3 is 19.5 Å². The molecular weight excluding hydrogens is 496 g/mol. The van der Waals surface area contributed by atoms with E-state index in [0.717, 1.165) is 23.6 Å². The molecule has 0 spiro atoms. The maximum Gasteiger partial charge on any atom is 0.262 e. The van der Waals surface area contributed by atoms with E-state index in [2.05, 4.69) is 5.32 Å². The van der Waals surface area contributed by atoms with Crippen molar-refractivity contribution >= 4 is 34.2 Å². The van der Waals surface area contributed by atoms with E-state index in [1.54, 1.807) is 42.5 Å². The van der Waals surface area contributed by atoms with Crippen molar-refractivity contribution in [2.45, 2.75) is 18.9 Å². The number of benzene rings is 4. The van der Waals surface area contributed by atoms with Gasteiger partial charge in [-0.2, -0.15) is 0 Å². The summed E-state index contributed by atoms with van der Waals surface area (Å²) in [5.74, 6) is 0.686. The van der Waals surface area contributed by atoms with E-state index in [0.29, 0.717) is 40.7 Å². The zero-order valence-corrected chi connectivity index (χ0v) is 21.1. The maximum absolute atomic E-state index is 12.9. The number of hydrogen-bond donors (Lipinski definition) is 1. The zero-order chi connectivity index (χ0) is 26.8. The van der Waals surface area contributed by atoms with Crippen molar-refractivity contribution in [3.8, 4) is 17.2 Å². The quantitative estimate of drug-likeness (QED) is 0.311. The largest absolute Gasteiger partial charge is 0.483 e. The van der Waals surface area contributed by atoms with Crippen molar-refractivity contribution in [2.24, 2.45) is 0 Å². The highest BCUT2D eigenvalue weighted by Crippen LogP contribution is 2.31. The first-order valence-electron chi connectivity index (χ1n) is 12.9. The summed E-state index contributed by atoms with van der Waals surface area (Å²) in [7, 11) is 0. The Morgan fingerprint density at radius 2 is 1.67 bits per heavy atom. The molecule has 0 saturated carbocycles. The molecule has 6 rings (SSSR count). The van der Waals surface area contributed by atoms with Gasteiger partial charge in [0.25, 0.3) is 17.7 Å². The van der Waals surface area contributed by atoms with Gasteiger partial charge in [0, 0.05) is 17.7 Å². The van der Waals surface area contributed by atoms with Gasteiger partial charge in [-0.05, 0) is 66.8 Å². The summed E-state index contributed by atoms with van der Waals surface area (Å²) < 4.78 is 17.3. The number of carbonyl (C=O) groups is 3. The second-order valence-corrected chi connectivity index (χ2v) is 9.50. The number of imide groups is 1. The van der Waals surface area contributed by atoms with Crippen LogP contribution in [0.4, 0.5) is 5.69 Å². The number of hydrogen-bond acceptors (Lipinski definition) is 6. The lowest BCUT2D eigenvalue weighted by Gasteiger charge is -2.17. The molecule has 8 heteroatoms. The molecule has 1 saturated heterocycles. The third-order valence-corrected chi connectivity index (χ3v) is 6.83. The normalized spacial score (nSPS) is 16.4. The molecule has 0 radical (unpaired) electrons. The van der Waals surface area contributed by atoms with Crippen LogP contribution in [0.2, 0.25) is 0 Å². The number of ether oxygens (including phenoxy) is 3. The third kappa shape index (κ3) is 5.19. The highest BCUT2D eigenvalue weighted by molar-refractivity contribution is 6.21. The first-order chi connectivity index (χ1) is 19.0. The molecule has 4 aromatic carbocycles. The second kappa shape index (κ2) is 10.6. The number of carbonyl (C=O) groups excluding carboxylic acids is 3. The Labute approximate surface area is 225 Å². The fourth-order valence-electron chi connectivity index (χ4n) is 4.90. The molecule has 39 heavy (non-hydrogen) atoms. The summed E-state index contributed by atoms with van der Waals surface area (Å²) in [5, 5.41) is 4.80. The van der Waals surface area contributed by atoms with Crippen molar-refractivity contribution in [3.63, 3.8) is 0 Å². The SMILES string of the molecule is O=C(COc1cccc2ccccc12)Nc1ccc(Oc2ccc3c(c2)C(=O)N(CC2CCCO2)C3=O)cc1. The van der Waals surface area contributed by atoms with Crippen LogP contribution >= 0.6 is 0 Å². The minimum Gasteiger partial charge on any atom is -0.483 e. The molecule has 1 fully saturated rings. The van der Waals surface area contributed by atoms with Gasteiger partial charge >= 0.3 is 0 Å². The van der Waals surface area contributed by atoms with E-state index < -0.39 is 0 Å². The molecule has 2 aliphatic heterocycles. The Morgan fingerprint density at radius 3 is 2.49 bits per heavy atom. The molecule has 0 aromatic heterocycles. The zero-order valence-electron chi connectivity index (χ0n) is 21.1. The summed E-state index contributed by atoms with van der Waals surface area (Å²) in [6, 6.07) is 25.3. The first-order valence-corrected chi connectivity index (χ1v) is 12.9. The van der Waals surface area contributed by atoms with Crippen LogP contribution in [-0.4, -0.2) is 48.5 Å². The molecule has 4 aromatic rings. The van der Waals surface area contributed by atoms with E-state index in [9.17, 15) is 14.4 Å². The summed E-state index contributed by atoms with van der Waals surface area (Å²) in [4.78, 5) is 39.4. The lowest BCUT2D eigenvalue weighted by atomic mass is 10.1. The van der Waals surface area contributed by atoms with Crippen molar-refractivity contribution in [1.82, 2.24) is 4.90 Å². The number of nitrogens with one attached hydrogen (secondary N) is 1. The van der Waals surface area contributed by atoms with E-state index in [-0.39, 0.29) is 37.0 Å². The van der Waals surface area contributed by atoms with Crippen LogP contribution in [0, 0.1) is 0 Å². The molecule has 1 unspecified atom stereocenters. The standard InChI is InChI=1S/C31H26N2O6/c34-29(19-38-28-9-3-6-20-5-1-2-8-25(20)28)32-21-10-12-22(13-11-21)39-23-14-15-26-27(17-23)31(36)33(30(26)35)18-24-7-4-16-37-24/h1-3,5-6,8-15,17,24H,4,7,16,18-19H2,(H,32,34). The Hall–Kier alpha value is -4.69. The van der Waals surface area contributed by atoms with Crippen LogP contribution in [0.5, 0.6) is 17.2 Å². The van der Waals surface area contributed by atoms with Crippen molar-refractivity contribution in [2.75, 3.05) is 25.1 Å². The Kier molecular flexibility index (Phi) is 6.69. The van der Waals surface area contributed by atoms with E-state index in [1.807, 2.05) is 42.5 Å². The minimum atomic E-state index is -0.334. The molecule has 2 heterocycles. The molecule has 196 valence electrons. The number of nitrogens with zero attached hydrogens (tertiary/aromatic N) is 1. The average molecular weight is 523 g/mol. The summed E-state index contributed by atoms with van der Waals surface area (Å²) in [6.45, 7) is 0.800. The summed E-state index contributed by atoms with van der Waals surface area (Å²) in [6.07, 6.45) is 1.68. The summed E-state index contributed by atoms with van der Waals surface area (Å²) in [5.41, 5.74) is 1.29. The molecule has 1 atom stereocenters. The Balaban J connectivity index is 1.06. The average Bonchev–Trinajstić information content (AvgIpc) is 3.56. The maximum atomic E-state index is 12.9. The molecule has 1 N–H and O–H groups in total. The van der Waals surface area contributed by atoms with Crippen molar-refractivity contribution in [1.29, 1.82) is 0 Å². The number of fused-ring (bicyclic) bond motifs is 2. The van der Waals surface area contributed by atoms with Gasteiger partial charge in [-0.15, -0.1) is 0 Å². The predicted octanol–water partition coefficient (Wildman–Crippen LogP) is 5.42. The molecule has 0 aliphatic carbocycles.